The lowest BCUT2D eigenvalue weighted by molar-refractivity contribution is 0.173. The molecule has 1 saturated carbocycles. The maximum atomic E-state index is 4.21. The quantitative estimate of drug-likeness (QED) is 0.702. The minimum Gasteiger partial charge on any atom is -0.305 e. The van der Waals surface area contributed by atoms with Gasteiger partial charge < -0.3 is 4.90 Å². The molecule has 0 atom stereocenters. The lowest BCUT2D eigenvalue weighted by atomic mass is 9.91. The lowest BCUT2D eigenvalue weighted by Gasteiger charge is -2.37. The summed E-state index contributed by atoms with van der Waals surface area (Å²) in [5, 5.41) is 8.26. The molecule has 1 aromatic rings. The average molecular weight is 192 g/mol. The lowest BCUT2D eigenvalue weighted by Crippen LogP contribution is -2.43. The predicted octanol–water partition coefficient (Wildman–Crippen LogP) is 1.03. The second-order valence-electron chi connectivity index (χ2n) is 4.61. The van der Waals surface area contributed by atoms with E-state index in [0.717, 1.165) is 0 Å². The van der Waals surface area contributed by atoms with Gasteiger partial charge in [-0.15, -0.1) is 5.10 Å². The first-order chi connectivity index (χ1) is 6.84. The molecule has 2 fully saturated rings. The molecule has 0 N–H and O–H groups in total. The SMILES string of the molecule is CN1CC(c2cnnn2C2CCC2)C1. The van der Waals surface area contributed by atoms with Crippen molar-refractivity contribution in [2.24, 2.45) is 0 Å². The molecule has 76 valence electrons. The number of hydrogen-bond donors (Lipinski definition) is 0. The van der Waals surface area contributed by atoms with Crippen LogP contribution in [0.15, 0.2) is 6.20 Å². The van der Waals surface area contributed by atoms with E-state index >= 15 is 0 Å². The Labute approximate surface area is 83.9 Å². The molecule has 1 aliphatic carbocycles. The molecule has 4 heteroatoms. The van der Waals surface area contributed by atoms with E-state index < -0.39 is 0 Å². The first-order valence-corrected chi connectivity index (χ1v) is 5.43. The van der Waals surface area contributed by atoms with Crippen molar-refractivity contribution in [3.63, 3.8) is 0 Å². The third kappa shape index (κ3) is 1.17. The Morgan fingerprint density at radius 3 is 2.71 bits per heavy atom. The van der Waals surface area contributed by atoms with Crippen LogP contribution in [0.1, 0.15) is 36.9 Å². The van der Waals surface area contributed by atoms with E-state index in [1.807, 2.05) is 6.20 Å². The average Bonchev–Trinajstić information content (AvgIpc) is 2.44. The van der Waals surface area contributed by atoms with E-state index in [-0.39, 0.29) is 0 Å². The number of hydrogen-bond acceptors (Lipinski definition) is 3. The predicted molar refractivity (Wildman–Crippen MR) is 53.1 cm³/mol. The van der Waals surface area contributed by atoms with Gasteiger partial charge in [0.05, 0.1) is 17.9 Å². The fourth-order valence-electron chi connectivity index (χ4n) is 2.35. The third-order valence-electron chi connectivity index (χ3n) is 3.51. The van der Waals surface area contributed by atoms with Gasteiger partial charge >= 0.3 is 0 Å². The molecule has 2 heterocycles. The van der Waals surface area contributed by atoms with E-state index in [9.17, 15) is 0 Å². The molecule has 0 radical (unpaired) electrons. The van der Waals surface area contributed by atoms with Gasteiger partial charge in [0.1, 0.15) is 0 Å². The van der Waals surface area contributed by atoms with E-state index in [4.69, 9.17) is 0 Å². The van der Waals surface area contributed by atoms with Crippen molar-refractivity contribution in [3.05, 3.63) is 11.9 Å². The van der Waals surface area contributed by atoms with Crippen molar-refractivity contribution in [3.8, 4) is 0 Å². The second kappa shape index (κ2) is 3.05. The number of rotatable bonds is 2. The molecule has 1 aromatic heterocycles. The van der Waals surface area contributed by atoms with Crippen LogP contribution in [0.25, 0.3) is 0 Å². The van der Waals surface area contributed by atoms with Gasteiger partial charge in [0.25, 0.3) is 0 Å². The van der Waals surface area contributed by atoms with Crippen molar-refractivity contribution >= 4 is 0 Å². The Morgan fingerprint density at radius 2 is 2.14 bits per heavy atom. The van der Waals surface area contributed by atoms with Crippen molar-refractivity contribution in [1.29, 1.82) is 0 Å². The van der Waals surface area contributed by atoms with Gasteiger partial charge in [0, 0.05) is 19.0 Å². The summed E-state index contributed by atoms with van der Waals surface area (Å²) in [4.78, 5) is 2.34. The summed E-state index contributed by atoms with van der Waals surface area (Å²) >= 11 is 0. The van der Waals surface area contributed by atoms with Gasteiger partial charge in [-0.1, -0.05) is 5.21 Å². The zero-order valence-corrected chi connectivity index (χ0v) is 8.56. The maximum absolute atomic E-state index is 4.21. The van der Waals surface area contributed by atoms with Crippen LogP contribution in [0.4, 0.5) is 0 Å². The topological polar surface area (TPSA) is 34.0 Å². The first kappa shape index (κ1) is 8.41. The smallest absolute Gasteiger partial charge is 0.0729 e. The van der Waals surface area contributed by atoms with E-state index in [0.29, 0.717) is 12.0 Å². The molecular weight excluding hydrogens is 176 g/mol. The van der Waals surface area contributed by atoms with Crippen LogP contribution in [0.2, 0.25) is 0 Å². The number of likely N-dealkylation sites (tertiary alicyclic amines) is 1. The number of nitrogens with zero attached hydrogens (tertiary/aromatic N) is 4. The van der Waals surface area contributed by atoms with Gasteiger partial charge in [0.2, 0.25) is 0 Å². The van der Waals surface area contributed by atoms with Crippen LogP contribution in [-0.4, -0.2) is 40.0 Å². The Kier molecular flexibility index (Phi) is 1.83. The van der Waals surface area contributed by atoms with Crippen LogP contribution in [0.3, 0.4) is 0 Å². The third-order valence-corrected chi connectivity index (χ3v) is 3.51. The molecule has 0 unspecified atom stereocenters. The highest BCUT2D eigenvalue weighted by Gasteiger charge is 2.31. The molecule has 3 rings (SSSR count). The highest BCUT2D eigenvalue weighted by Crippen LogP contribution is 2.34. The normalized spacial score (nSPS) is 24.6. The number of likely N-dealkylation sites (N-methyl/N-ethyl adjacent to an activating group) is 1. The summed E-state index contributed by atoms with van der Waals surface area (Å²) in [6.07, 6.45) is 5.89. The van der Waals surface area contributed by atoms with Gasteiger partial charge in [-0.05, 0) is 26.3 Å². The van der Waals surface area contributed by atoms with Crippen molar-refractivity contribution in [2.75, 3.05) is 20.1 Å². The summed E-state index contributed by atoms with van der Waals surface area (Å²) in [6.45, 7) is 2.33. The highest BCUT2D eigenvalue weighted by molar-refractivity contribution is 5.11. The summed E-state index contributed by atoms with van der Waals surface area (Å²) in [6, 6.07) is 0.651. The molecule has 0 aromatic carbocycles. The second-order valence-corrected chi connectivity index (χ2v) is 4.61. The van der Waals surface area contributed by atoms with Crippen LogP contribution in [0.5, 0.6) is 0 Å². The van der Waals surface area contributed by atoms with E-state index in [2.05, 4.69) is 26.9 Å². The molecule has 0 amide bonds. The molecule has 0 spiro atoms. The summed E-state index contributed by atoms with van der Waals surface area (Å²) in [5.74, 6) is 0.676. The Bertz CT molecular complexity index is 323. The zero-order valence-electron chi connectivity index (χ0n) is 8.56. The molecule has 1 saturated heterocycles. The largest absolute Gasteiger partial charge is 0.305 e. The van der Waals surface area contributed by atoms with Gasteiger partial charge in [-0.3, -0.25) is 0 Å². The Hall–Kier alpha value is -0.900. The van der Waals surface area contributed by atoms with Crippen molar-refractivity contribution < 1.29 is 0 Å². The van der Waals surface area contributed by atoms with Crippen LogP contribution >= 0.6 is 0 Å². The monoisotopic (exact) mass is 192 g/mol. The fraction of sp³-hybridized carbons (Fsp3) is 0.800. The number of aromatic nitrogens is 3. The molecule has 1 aliphatic heterocycles. The minimum absolute atomic E-state index is 0.651. The standard InChI is InChI=1S/C10H16N4/c1-13-6-8(7-13)10-5-11-12-14(10)9-3-2-4-9/h5,8-9H,2-4,6-7H2,1H3. The molecular formula is C10H16N4. The highest BCUT2D eigenvalue weighted by atomic mass is 15.4. The maximum Gasteiger partial charge on any atom is 0.0729 e. The van der Waals surface area contributed by atoms with Gasteiger partial charge in [-0.2, -0.15) is 0 Å². The van der Waals surface area contributed by atoms with Gasteiger partial charge in [-0.25, -0.2) is 4.68 Å². The molecule has 14 heavy (non-hydrogen) atoms. The molecule has 0 bridgehead atoms. The first-order valence-electron chi connectivity index (χ1n) is 5.43. The van der Waals surface area contributed by atoms with Crippen LogP contribution < -0.4 is 0 Å². The minimum atomic E-state index is 0.651. The van der Waals surface area contributed by atoms with Crippen molar-refractivity contribution in [1.82, 2.24) is 19.9 Å². The van der Waals surface area contributed by atoms with Crippen molar-refractivity contribution in [2.45, 2.75) is 31.2 Å². The van der Waals surface area contributed by atoms with E-state index in [1.54, 1.807) is 0 Å². The van der Waals surface area contributed by atoms with Crippen LogP contribution in [-0.2, 0) is 0 Å². The molecule has 2 aliphatic rings. The van der Waals surface area contributed by atoms with E-state index in [1.165, 1.54) is 38.0 Å². The molecule has 4 nitrogen and oxygen atoms in total. The Morgan fingerprint density at radius 1 is 1.36 bits per heavy atom. The summed E-state index contributed by atoms with van der Waals surface area (Å²) in [5.41, 5.74) is 1.35. The Balaban J connectivity index is 1.79. The summed E-state index contributed by atoms with van der Waals surface area (Å²) < 4.78 is 2.17. The van der Waals surface area contributed by atoms with Gasteiger partial charge in [0.15, 0.2) is 0 Å². The zero-order chi connectivity index (χ0) is 9.54. The van der Waals surface area contributed by atoms with Crippen LogP contribution in [0, 0.1) is 0 Å². The summed E-state index contributed by atoms with van der Waals surface area (Å²) in [7, 11) is 2.16. The fourth-order valence-corrected chi connectivity index (χ4v) is 2.35.